The molecular weight excluding hydrogens is 291 g/mol. The minimum atomic E-state index is 0.452. The second-order valence-corrected chi connectivity index (χ2v) is 5.53. The monoisotopic (exact) mass is 304 g/mol. The minimum absolute atomic E-state index is 0.452. The minimum Gasteiger partial charge on any atom is -0.302 e. The van der Waals surface area contributed by atoms with Crippen LogP contribution in [0.1, 0.15) is 22.5 Å². The molecule has 0 spiro atoms. The van der Waals surface area contributed by atoms with E-state index in [1.54, 1.807) is 0 Å². The second kappa shape index (κ2) is 5.47. The topological polar surface area (TPSA) is 17.3 Å². The Morgan fingerprint density at radius 3 is 2.60 bits per heavy atom. The third-order valence-corrected chi connectivity index (χ3v) is 3.94. The van der Waals surface area contributed by atoms with Gasteiger partial charge in [-0.05, 0) is 36.2 Å². The summed E-state index contributed by atoms with van der Waals surface area (Å²) in [5.41, 5.74) is 5.40. The Balaban J connectivity index is 2.07. The standard InChI is InChI=1S/C16H14Cl2N2/c1-11-3-2-8-20-15(10-17)14(19-16(11)20)9-12-4-6-13(18)7-5-12/h2-8H,9-10H2,1H3. The van der Waals surface area contributed by atoms with Crippen LogP contribution in [-0.2, 0) is 12.3 Å². The number of hydrogen-bond acceptors (Lipinski definition) is 1. The van der Waals surface area contributed by atoms with Crippen LogP contribution in [0.15, 0.2) is 42.6 Å². The van der Waals surface area contributed by atoms with Gasteiger partial charge in [-0.2, -0.15) is 0 Å². The maximum Gasteiger partial charge on any atom is 0.140 e. The first-order chi connectivity index (χ1) is 9.69. The highest BCUT2D eigenvalue weighted by atomic mass is 35.5. The van der Waals surface area contributed by atoms with Crippen molar-refractivity contribution in [2.75, 3.05) is 0 Å². The van der Waals surface area contributed by atoms with Gasteiger partial charge in [0.2, 0.25) is 0 Å². The van der Waals surface area contributed by atoms with Crippen LogP contribution < -0.4 is 0 Å². The van der Waals surface area contributed by atoms with Crippen molar-refractivity contribution in [3.8, 4) is 0 Å². The molecule has 0 aliphatic carbocycles. The van der Waals surface area contributed by atoms with Crippen molar-refractivity contribution in [1.29, 1.82) is 0 Å². The summed E-state index contributed by atoms with van der Waals surface area (Å²) in [5.74, 6) is 0.452. The van der Waals surface area contributed by atoms with E-state index < -0.39 is 0 Å². The molecule has 0 aliphatic rings. The fraction of sp³-hybridized carbons (Fsp3) is 0.188. The zero-order valence-corrected chi connectivity index (χ0v) is 12.6. The van der Waals surface area contributed by atoms with Crippen molar-refractivity contribution in [2.24, 2.45) is 0 Å². The van der Waals surface area contributed by atoms with Crippen molar-refractivity contribution in [3.63, 3.8) is 0 Å². The number of aryl methyl sites for hydroxylation is 1. The van der Waals surface area contributed by atoms with E-state index in [0.717, 1.165) is 34.0 Å². The summed E-state index contributed by atoms with van der Waals surface area (Å²) >= 11 is 12.0. The SMILES string of the molecule is Cc1cccn2c(CCl)c(Cc3ccc(Cl)cc3)nc12. The quantitative estimate of drug-likeness (QED) is 0.645. The molecule has 3 aromatic rings. The first-order valence-corrected chi connectivity index (χ1v) is 7.36. The fourth-order valence-corrected chi connectivity index (χ4v) is 2.79. The van der Waals surface area contributed by atoms with Gasteiger partial charge < -0.3 is 4.40 Å². The molecule has 0 unspecified atom stereocenters. The number of aromatic nitrogens is 2. The number of rotatable bonds is 3. The molecule has 0 saturated carbocycles. The Morgan fingerprint density at radius 2 is 1.90 bits per heavy atom. The van der Waals surface area contributed by atoms with E-state index in [0.29, 0.717) is 5.88 Å². The second-order valence-electron chi connectivity index (χ2n) is 4.83. The maximum absolute atomic E-state index is 6.11. The predicted molar refractivity (Wildman–Crippen MR) is 83.7 cm³/mol. The number of pyridine rings is 1. The van der Waals surface area contributed by atoms with Crippen molar-refractivity contribution in [2.45, 2.75) is 19.2 Å². The van der Waals surface area contributed by atoms with Crippen LogP contribution in [0.5, 0.6) is 0 Å². The molecule has 4 heteroatoms. The van der Waals surface area contributed by atoms with Crippen LogP contribution in [0.25, 0.3) is 5.65 Å². The number of benzene rings is 1. The fourth-order valence-electron chi connectivity index (χ4n) is 2.38. The number of fused-ring (bicyclic) bond motifs is 1. The van der Waals surface area contributed by atoms with Crippen molar-refractivity contribution < 1.29 is 0 Å². The van der Waals surface area contributed by atoms with Crippen molar-refractivity contribution >= 4 is 28.8 Å². The summed E-state index contributed by atoms with van der Waals surface area (Å²) in [7, 11) is 0. The zero-order chi connectivity index (χ0) is 14.1. The van der Waals surface area contributed by atoms with Crippen LogP contribution in [0.4, 0.5) is 0 Å². The Labute approximate surface area is 128 Å². The molecule has 2 heterocycles. The Kier molecular flexibility index (Phi) is 3.68. The van der Waals surface area contributed by atoms with Gasteiger partial charge in [0.1, 0.15) is 5.65 Å². The van der Waals surface area contributed by atoms with Gasteiger partial charge in [0.15, 0.2) is 0 Å². The van der Waals surface area contributed by atoms with Crippen LogP contribution in [0.2, 0.25) is 5.02 Å². The average Bonchev–Trinajstić information content (AvgIpc) is 2.80. The molecule has 3 rings (SSSR count). The molecule has 20 heavy (non-hydrogen) atoms. The van der Waals surface area contributed by atoms with E-state index in [1.165, 1.54) is 5.56 Å². The van der Waals surface area contributed by atoms with Crippen molar-refractivity contribution in [3.05, 3.63) is 70.1 Å². The third-order valence-electron chi connectivity index (χ3n) is 3.44. The summed E-state index contributed by atoms with van der Waals surface area (Å²) in [6, 6.07) is 11.9. The van der Waals surface area contributed by atoms with Crippen LogP contribution in [-0.4, -0.2) is 9.38 Å². The van der Waals surface area contributed by atoms with Crippen LogP contribution >= 0.6 is 23.2 Å². The van der Waals surface area contributed by atoms with E-state index in [-0.39, 0.29) is 0 Å². The molecule has 0 radical (unpaired) electrons. The van der Waals surface area contributed by atoms with Gasteiger partial charge in [-0.15, -0.1) is 11.6 Å². The third kappa shape index (κ3) is 2.41. The number of imidazole rings is 1. The molecular formula is C16H14Cl2N2. The van der Waals surface area contributed by atoms with Gasteiger partial charge in [0.25, 0.3) is 0 Å². The first kappa shape index (κ1) is 13.5. The molecule has 1 aromatic carbocycles. The molecule has 0 atom stereocenters. The number of nitrogens with zero attached hydrogens (tertiary/aromatic N) is 2. The average molecular weight is 305 g/mol. The molecule has 0 amide bonds. The normalized spacial score (nSPS) is 11.2. The van der Waals surface area contributed by atoms with E-state index in [4.69, 9.17) is 28.2 Å². The van der Waals surface area contributed by atoms with Crippen molar-refractivity contribution in [1.82, 2.24) is 9.38 Å². The summed E-state index contributed by atoms with van der Waals surface area (Å²) in [6.07, 6.45) is 2.78. The van der Waals surface area contributed by atoms with E-state index in [2.05, 4.69) is 17.4 Å². The van der Waals surface area contributed by atoms with Gasteiger partial charge in [-0.25, -0.2) is 4.98 Å². The largest absolute Gasteiger partial charge is 0.302 e. The molecule has 0 N–H and O–H groups in total. The molecule has 2 nitrogen and oxygen atoms in total. The first-order valence-electron chi connectivity index (χ1n) is 6.45. The van der Waals surface area contributed by atoms with Gasteiger partial charge >= 0.3 is 0 Å². The van der Waals surface area contributed by atoms with Gasteiger partial charge in [-0.1, -0.05) is 29.8 Å². The highest BCUT2D eigenvalue weighted by Crippen LogP contribution is 2.21. The number of halogens is 2. The lowest BCUT2D eigenvalue weighted by atomic mass is 10.1. The predicted octanol–water partition coefficient (Wildman–Crippen LogP) is 4.63. The van der Waals surface area contributed by atoms with Gasteiger partial charge in [0.05, 0.1) is 17.3 Å². The zero-order valence-electron chi connectivity index (χ0n) is 11.1. The summed E-state index contributed by atoms with van der Waals surface area (Å²) < 4.78 is 2.08. The molecule has 0 saturated heterocycles. The Morgan fingerprint density at radius 1 is 1.15 bits per heavy atom. The van der Waals surface area contributed by atoms with E-state index in [9.17, 15) is 0 Å². The molecule has 0 aliphatic heterocycles. The van der Waals surface area contributed by atoms with Crippen LogP contribution in [0, 0.1) is 6.92 Å². The molecule has 102 valence electrons. The van der Waals surface area contributed by atoms with E-state index in [1.807, 2.05) is 36.5 Å². The summed E-state index contributed by atoms with van der Waals surface area (Å²) in [5, 5.41) is 0.747. The molecule has 0 bridgehead atoms. The van der Waals surface area contributed by atoms with Crippen LogP contribution in [0.3, 0.4) is 0 Å². The molecule has 2 aromatic heterocycles. The highest BCUT2D eigenvalue weighted by molar-refractivity contribution is 6.30. The number of hydrogen-bond donors (Lipinski definition) is 0. The van der Waals surface area contributed by atoms with E-state index >= 15 is 0 Å². The summed E-state index contributed by atoms with van der Waals surface area (Å²) in [6.45, 7) is 2.06. The maximum atomic E-state index is 6.11. The lowest BCUT2D eigenvalue weighted by Crippen LogP contribution is -1.95. The highest BCUT2D eigenvalue weighted by Gasteiger charge is 2.12. The smallest absolute Gasteiger partial charge is 0.140 e. The Bertz CT molecular complexity index is 745. The number of alkyl halides is 1. The summed E-state index contributed by atoms with van der Waals surface area (Å²) in [4.78, 5) is 4.75. The lowest BCUT2D eigenvalue weighted by molar-refractivity contribution is 1.03. The van der Waals surface area contributed by atoms with Gasteiger partial charge in [0, 0.05) is 17.6 Å². The lowest BCUT2D eigenvalue weighted by Gasteiger charge is -2.02. The molecule has 0 fully saturated rings. The Hall–Kier alpha value is -1.51. The van der Waals surface area contributed by atoms with Gasteiger partial charge in [-0.3, -0.25) is 0 Å².